The summed E-state index contributed by atoms with van der Waals surface area (Å²) in [6.45, 7) is 5.68. The Hall–Kier alpha value is -0.980. The van der Waals surface area contributed by atoms with Gasteiger partial charge in [0.05, 0.1) is 12.1 Å². The van der Waals surface area contributed by atoms with E-state index in [9.17, 15) is 0 Å². The van der Waals surface area contributed by atoms with Crippen molar-refractivity contribution in [1.29, 1.82) is 0 Å². The Morgan fingerprint density at radius 2 is 2.35 bits per heavy atom. The van der Waals surface area contributed by atoms with E-state index in [1.54, 1.807) is 0 Å². The normalized spacial score (nSPS) is 28.2. The fraction of sp³-hybridized carbons (Fsp3) is 0.818. The van der Waals surface area contributed by atoms with Crippen LogP contribution < -0.4 is 5.73 Å². The van der Waals surface area contributed by atoms with Crippen molar-refractivity contribution in [1.82, 2.24) is 15.0 Å². The molecule has 2 N–H and O–H groups in total. The van der Waals surface area contributed by atoms with Crippen LogP contribution in [0.4, 0.5) is 0 Å². The minimum Gasteiger partial charge on any atom is -0.367 e. The fourth-order valence-corrected chi connectivity index (χ4v) is 2.06. The van der Waals surface area contributed by atoms with Crippen LogP contribution in [0.3, 0.4) is 0 Å². The molecule has 1 aliphatic carbocycles. The minimum atomic E-state index is -0.357. The van der Waals surface area contributed by atoms with Crippen LogP contribution in [-0.2, 0) is 10.3 Å². The van der Waals surface area contributed by atoms with E-state index in [0.717, 1.165) is 39.1 Å². The summed E-state index contributed by atoms with van der Waals surface area (Å²) in [5.41, 5.74) is 5.66. The maximum Gasteiger partial charge on any atom is 0.246 e. The Morgan fingerprint density at radius 1 is 1.53 bits per heavy atom. The van der Waals surface area contributed by atoms with Crippen molar-refractivity contribution in [2.24, 2.45) is 5.73 Å². The van der Waals surface area contributed by atoms with E-state index in [1.165, 1.54) is 0 Å². The molecule has 0 bridgehead atoms. The molecule has 2 fully saturated rings. The second kappa shape index (κ2) is 4.04. The van der Waals surface area contributed by atoms with Crippen LogP contribution in [0, 0.1) is 0 Å². The number of aromatic nitrogens is 2. The van der Waals surface area contributed by atoms with Gasteiger partial charge < -0.3 is 15.0 Å². The van der Waals surface area contributed by atoms with Crippen molar-refractivity contribution in [3.05, 3.63) is 11.7 Å². The van der Waals surface area contributed by atoms with E-state index < -0.39 is 0 Å². The Balaban J connectivity index is 1.73. The molecule has 1 saturated heterocycles. The summed E-state index contributed by atoms with van der Waals surface area (Å²) in [5.74, 6) is 1.19. The highest BCUT2D eigenvalue weighted by atomic mass is 16.5. The van der Waals surface area contributed by atoms with Gasteiger partial charge in [0.2, 0.25) is 11.7 Å². The largest absolute Gasteiger partial charge is 0.367 e. The van der Waals surface area contributed by atoms with Crippen molar-refractivity contribution in [3.63, 3.8) is 0 Å². The Bertz CT molecular complexity index is 402. The van der Waals surface area contributed by atoms with Gasteiger partial charge in [-0.05, 0) is 19.4 Å². The quantitative estimate of drug-likeness (QED) is 0.822. The molecule has 0 radical (unpaired) electrons. The van der Waals surface area contributed by atoms with Crippen molar-refractivity contribution in [2.75, 3.05) is 26.2 Å². The van der Waals surface area contributed by atoms with Crippen molar-refractivity contribution in [2.45, 2.75) is 31.4 Å². The Morgan fingerprint density at radius 3 is 3.06 bits per heavy atom. The fourth-order valence-electron chi connectivity index (χ4n) is 2.06. The van der Waals surface area contributed by atoms with Gasteiger partial charge in [0.25, 0.3) is 0 Å². The van der Waals surface area contributed by atoms with Crippen LogP contribution in [0.1, 0.15) is 37.6 Å². The third-order valence-electron chi connectivity index (χ3n) is 3.54. The van der Waals surface area contributed by atoms with Gasteiger partial charge >= 0.3 is 0 Å². The smallest absolute Gasteiger partial charge is 0.246 e. The molecular weight excluding hydrogens is 220 g/mol. The summed E-state index contributed by atoms with van der Waals surface area (Å²) in [6.07, 6.45) is 1.78. The van der Waals surface area contributed by atoms with Crippen LogP contribution in [0.5, 0.6) is 0 Å². The zero-order valence-corrected chi connectivity index (χ0v) is 10.1. The van der Waals surface area contributed by atoms with E-state index in [0.29, 0.717) is 11.7 Å². The van der Waals surface area contributed by atoms with Crippen molar-refractivity contribution >= 4 is 0 Å². The Kier molecular flexibility index (Phi) is 2.65. The number of nitrogens with two attached hydrogens (primary N) is 1. The second-order valence-electron chi connectivity index (χ2n) is 4.87. The van der Waals surface area contributed by atoms with Crippen LogP contribution in [0.25, 0.3) is 0 Å². The number of ether oxygens (including phenoxy) is 1. The van der Waals surface area contributed by atoms with Crippen LogP contribution in [0.15, 0.2) is 4.52 Å². The van der Waals surface area contributed by atoms with Gasteiger partial charge in [-0.2, -0.15) is 4.98 Å². The molecule has 6 heteroatoms. The first-order chi connectivity index (χ1) is 8.21. The van der Waals surface area contributed by atoms with E-state index >= 15 is 0 Å². The molecular formula is C11H18N4O2. The third-order valence-corrected chi connectivity index (χ3v) is 3.54. The second-order valence-corrected chi connectivity index (χ2v) is 4.87. The van der Waals surface area contributed by atoms with E-state index in [1.807, 2.05) is 0 Å². The lowest BCUT2D eigenvalue weighted by atomic mass is 10.2. The molecule has 0 spiro atoms. The average Bonchev–Trinajstić information content (AvgIpc) is 2.94. The maximum absolute atomic E-state index is 6.02. The highest BCUT2D eigenvalue weighted by Gasteiger charge is 2.46. The predicted octanol–water partition coefficient (Wildman–Crippen LogP) is 0.411. The SMILES string of the molecule is CCN1CCOC(c2noc(C3(N)CC3)n2)C1. The van der Waals surface area contributed by atoms with E-state index in [-0.39, 0.29) is 11.6 Å². The van der Waals surface area contributed by atoms with Gasteiger partial charge in [-0.25, -0.2) is 0 Å². The van der Waals surface area contributed by atoms with Crippen molar-refractivity contribution in [3.8, 4) is 0 Å². The summed E-state index contributed by atoms with van der Waals surface area (Å²) in [6, 6.07) is 0. The van der Waals surface area contributed by atoms with Gasteiger partial charge in [0, 0.05) is 13.1 Å². The number of hydrogen-bond acceptors (Lipinski definition) is 6. The molecule has 2 aliphatic rings. The zero-order valence-electron chi connectivity index (χ0n) is 10.1. The first-order valence-corrected chi connectivity index (χ1v) is 6.18. The molecule has 1 aromatic heterocycles. The molecule has 6 nitrogen and oxygen atoms in total. The average molecular weight is 238 g/mol. The highest BCUT2D eigenvalue weighted by Crippen LogP contribution is 2.41. The molecule has 1 atom stereocenters. The van der Waals surface area contributed by atoms with Gasteiger partial charge in [-0.1, -0.05) is 12.1 Å². The molecule has 1 saturated carbocycles. The first-order valence-electron chi connectivity index (χ1n) is 6.18. The lowest BCUT2D eigenvalue weighted by Gasteiger charge is -2.30. The van der Waals surface area contributed by atoms with Gasteiger partial charge in [-0.3, -0.25) is 4.90 Å². The predicted molar refractivity (Wildman–Crippen MR) is 60.2 cm³/mol. The molecule has 1 aromatic rings. The van der Waals surface area contributed by atoms with Gasteiger partial charge in [0.1, 0.15) is 6.10 Å². The molecule has 94 valence electrons. The lowest BCUT2D eigenvalue weighted by Crippen LogP contribution is -2.38. The van der Waals surface area contributed by atoms with Gasteiger partial charge in [-0.15, -0.1) is 0 Å². The summed E-state index contributed by atoms with van der Waals surface area (Å²) >= 11 is 0. The summed E-state index contributed by atoms with van der Waals surface area (Å²) in [5, 5.41) is 4.00. The van der Waals surface area contributed by atoms with Crippen LogP contribution >= 0.6 is 0 Å². The first kappa shape index (κ1) is 11.1. The zero-order chi connectivity index (χ0) is 11.9. The Labute approximate surface area is 100 Å². The highest BCUT2D eigenvalue weighted by molar-refractivity contribution is 5.12. The molecule has 17 heavy (non-hydrogen) atoms. The summed E-state index contributed by atoms with van der Waals surface area (Å²) in [4.78, 5) is 6.70. The standard InChI is InChI=1S/C11H18N4O2/c1-2-15-5-6-16-8(7-15)9-13-10(17-14-9)11(12)3-4-11/h8H,2-7,12H2,1H3. The molecule has 1 unspecified atom stereocenters. The number of likely N-dealkylation sites (N-methyl/N-ethyl adjacent to an activating group) is 1. The molecule has 0 aromatic carbocycles. The molecule has 1 aliphatic heterocycles. The lowest BCUT2D eigenvalue weighted by molar-refractivity contribution is -0.0334. The number of hydrogen-bond donors (Lipinski definition) is 1. The van der Waals surface area contributed by atoms with Crippen LogP contribution in [-0.4, -0.2) is 41.3 Å². The monoisotopic (exact) mass is 238 g/mol. The number of morpholine rings is 1. The number of nitrogens with zero attached hydrogens (tertiary/aromatic N) is 3. The molecule has 3 rings (SSSR count). The summed E-state index contributed by atoms with van der Waals surface area (Å²) < 4.78 is 10.9. The topological polar surface area (TPSA) is 77.4 Å². The van der Waals surface area contributed by atoms with E-state index in [2.05, 4.69) is 22.0 Å². The molecule has 2 heterocycles. The van der Waals surface area contributed by atoms with Crippen LogP contribution in [0.2, 0.25) is 0 Å². The maximum atomic E-state index is 6.02. The van der Waals surface area contributed by atoms with E-state index in [4.69, 9.17) is 15.0 Å². The van der Waals surface area contributed by atoms with Gasteiger partial charge in [0.15, 0.2) is 0 Å². The third kappa shape index (κ3) is 2.08. The number of rotatable bonds is 3. The molecule has 0 amide bonds. The van der Waals surface area contributed by atoms with Crippen molar-refractivity contribution < 1.29 is 9.26 Å². The minimum absolute atomic E-state index is 0.0800. The summed E-state index contributed by atoms with van der Waals surface area (Å²) in [7, 11) is 0.